The largest absolute Gasteiger partial charge is 0.409 e. The second kappa shape index (κ2) is 5.73. The summed E-state index contributed by atoms with van der Waals surface area (Å²) < 4.78 is 0. The Morgan fingerprint density at radius 3 is 2.40 bits per heavy atom. The molecular weight excluding hydrogens is 250 g/mol. The van der Waals surface area contributed by atoms with Gasteiger partial charge in [-0.25, -0.2) is 0 Å². The Bertz CT molecular complexity index is 483. The number of para-hydroxylation sites is 1. The number of hydrogen-bond donors (Lipinski definition) is 2. The third-order valence-electron chi connectivity index (χ3n) is 4.35. The van der Waals surface area contributed by atoms with Gasteiger partial charge in [-0.1, -0.05) is 38.1 Å². The van der Waals surface area contributed by atoms with Crippen LogP contribution in [0.4, 0.5) is 5.69 Å². The quantitative estimate of drug-likeness (QED) is 0.377. The molecule has 0 amide bonds. The lowest BCUT2D eigenvalue weighted by Crippen LogP contribution is -2.39. The number of piperidine rings is 1. The molecule has 1 fully saturated rings. The van der Waals surface area contributed by atoms with Crippen molar-refractivity contribution in [3.05, 3.63) is 29.8 Å². The number of amidine groups is 1. The standard InChI is InChI=1S/C16H25N3O/c1-16(2,3)12-8-10-19(11-9-12)14-7-5-4-6-13(14)15(17)18-20/h4-7,12,20H,8-11H2,1-3H3,(H2,17,18). The lowest BCUT2D eigenvalue weighted by atomic mass is 9.75. The van der Waals surface area contributed by atoms with E-state index in [1.165, 1.54) is 12.8 Å². The van der Waals surface area contributed by atoms with Gasteiger partial charge in [-0.3, -0.25) is 0 Å². The first kappa shape index (κ1) is 14.7. The topological polar surface area (TPSA) is 61.8 Å². The van der Waals surface area contributed by atoms with Crippen molar-refractivity contribution in [3.8, 4) is 0 Å². The summed E-state index contributed by atoms with van der Waals surface area (Å²) in [6.45, 7) is 9.00. The van der Waals surface area contributed by atoms with E-state index in [-0.39, 0.29) is 5.84 Å². The normalized spacial score (nSPS) is 18.4. The van der Waals surface area contributed by atoms with E-state index in [1.54, 1.807) is 0 Å². The molecule has 2 rings (SSSR count). The number of anilines is 1. The molecule has 0 aliphatic carbocycles. The molecule has 0 aromatic heterocycles. The number of rotatable bonds is 2. The van der Waals surface area contributed by atoms with Crippen molar-refractivity contribution < 1.29 is 5.21 Å². The third-order valence-corrected chi connectivity index (χ3v) is 4.35. The van der Waals surface area contributed by atoms with E-state index in [2.05, 4.69) is 30.8 Å². The fourth-order valence-corrected chi connectivity index (χ4v) is 3.01. The van der Waals surface area contributed by atoms with Gasteiger partial charge in [-0.15, -0.1) is 0 Å². The second-order valence-corrected chi connectivity index (χ2v) is 6.63. The Morgan fingerprint density at radius 1 is 1.25 bits per heavy atom. The van der Waals surface area contributed by atoms with Crippen LogP contribution in [0.25, 0.3) is 0 Å². The van der Waals surface area contributed by atoms with Crippen LogP contribution < -0.4 is 10.6 Å². The van der Waals surface area contributed by atoms with Gasteiger partial charge in [0.1, 0.15) is 0 Å². The van der Waals surface area contributed by atoms with E-state index in [1.807, 2.05) is 24.3 Å². The first-order valence-electron chi connectivity index (χ1n) is 7.25. The third kappa shape index (κ3) is 3.06. The molecule has 3 N–H and O–H groups in total. The minimum atomic E-state index is 0.179. The van der Waals surface area contributed by atoms with Gasteiger partial charge < -0.3 is 15.8 Å². The van der Waals surface area contributed by atoms with Crippen LogP contribution in [0.2, 0.25) is 0 Å². The minimum Gasteiger partial charge on any atom is -0.409 e. The summed E-state index contributed by atoms with van der Waals surface area (Å²) in [5.41, 5.74) is 8.02. The maximum absolute atomic E-state index is 8.90. The predicted octanol–water partition coefficient (Wildman–Crippen LogP) is 3.04. The van der Waals surface area contributed by atoms with Crippen LogP contribution in [0.3, 0.4) is 0 Å². The van der Waals surface area contributed by atoms with Gasteiger partial charge in [-0.05, 0) is 36.3 Å². The van der Waals surface area contributed by atoms with Gasteiger partial charge in [0.15, 0.2) is 5.84 Å². The van der Waals surface area contributed by atoms with Gasteiger partial charge in [0.25, 0.3) is 0 Å². The zero-order chi connectivity index (χ0) is 14.8. The summed E-state index contributed by atoms with van der Waals surface area (Å²) in [6.07, 6.45) is 2.38. The minimum absolute atomic E-state index is 0.179. The number of benzene rings is 1. The fourth-order valence-electron chi connectivity index (χ4n) is 3.01. The second-order valence-electron chi connectivity index (χ2n) is 6.63. The molecule has 0 bridgehead atoms. The van der Waals surface area contributed by atoms with Crippen LogP contribution in [0.1, 0.15) is 39.2 Å². The fraction of sp³-hybridized carbons (Fsp3) is 0.562. The Morgan fingerprint density at radius 2 is 1.85 bits per heavy atom. The molecule has 1 heterocycles. The van der Waals surface area contributed by atoms with Crippen molar-refractivity contribution in [1.29, 1.82) is 0 Å². The number of hydrogen-bond acceptors (Lipinski definition) is 3. The highest BCUT2D eigenvalue weighted by atomic mass is 16.4. The average Bonchev–Trinajstić information content (AvgIpc) is 2.45. The highest BCUT2D eigenvalue weighted by Crippen LogP contribution is 2.36. The van der Waals surface area contributed by atoms with E-state index in [0.717, 1.165) is 30.3 Å². The van der Waals surface area contributed by atoms with E-state index in [4.69, 9.17) is 10.9 Å². The van der Waals surface area contributed by atoms with E-state index >= 15 is 0 Å². The maximum atomic E-state index is 8.90. The van der Waals surface area contributed by atoms with Gasteiger partial charge >= 0.3 is 0 Å². The Kier molecular flexibility index (Phi) is 4.21. The van der Waals surface area contributed by atoms with E-state index in [0.29, 0.717) is 5.41 Å². The molecular formula is C16H25N3O. The number of nitrogens with zero attached hydrogens (tertiary/aromatic N) is 2. The summed E-state index contributed by atoms with van der Waals surface area (Å²) in [6, 6.07) is 7.86. The van der Waals surface area contributed by atoms with Crippen LogP contribution >= 0.6 is 0 Å². The van der Waals surface area contributed by atoms with Crippen molar-refractivity contribution in [2.24, 2.45) is 22.2 Å². The molecule has 0 unspecified atom stereocenters. The molecule has 1 aliphatic heterocycles. The molecule has 0 radical (unpaired) electrons. The van der Waals surface area contributed by atoms with Crippen LogP contribution in [0, 0.1) is 11.3 Å². The van der Waals surface area contributed by atoms with E-state index < -0.39 is 0 Å². The summed E-state index contributed by atoms with van der Waals surface area (Å²) in [7, 11) is 0. The molecule has 1 aliphatic rings. The molecule has 4 nitrogen and oxygen atoms in total. The zero-order valence-electron chi connectivity index (χ0n) is 12.6. The Hall–Kier alpha value is -1.71. The summed E-state index contributed by atoms with van der Waals surface area (Å²) in [5.74, 6) is 0.938. The highest BCUT2D eigenvalue weighted by molar-refractivity contribution is 6.02. The molecule has 1 aromatic rings. The van der Waals surface area contributed by atoms with Crippen LogP contribution in [-0.4, -0.2) is 24.1 Å². The van der Waals surface area contributed by atoms with Gasteiger partial charge in [0.05, 0.1) is 0 Å². The SMILES string of the molecule is CC(C)(C)C1CCN(c2ccccc2C(N)=NO)CC1. The van der Waals surface area contributed by atoms with Crippen molar-refractivity contribution in [2.75, 3.05) is 18.0 Å². The molecule has 0 saturated carbocycles. The first-order valence-corrected chi connectivity index (χ1v) is 7.25. The molecule has 20 heavy (non-hydrogen) atoms. The van der Waals surface area contributed by atoms with Crippen molar-refractivity contribution in [1.82, 2.24) is 0 Å². The number of nitrogens with two attached hydrogens (primary N) is 1. The van der Waals surface area contributed by atoms with Crippen LogP contribution in [0.15, 0.2) is 29.4 Å². The molecule has 0 atom stereocenters. The zero-order valence-corrected chi connectivity index (χ0v) is 12.6. The van der Waals surface area contributed by atoms with Crippen molar-refractivity contribution in [2.45, 2.75) is 33.6 Å². The lowest BCUT2D eigenvalue weighted by Gasteiger charge is -2.40. The monoisotopic (exact) mass is 275 g/mol. The van der Waals surface area contributed by atoms with Gasteiger partial charge in [-0.2, -0.15) is 0 Å². The summed E-state index contributed by atoms with van der Waals surface area (Å²) >= 11 is 0. The smallest absolute Gasteiger partial charge is 0.172 e. The molecule has 0 spiro atoms. The van der Waals surface area contributed by atoms with Gasteiger partial charge in [0.2, 0.25) is 0 Å². The van der Waals surface area contributed by atoms with Crippen LogP contribution in [0.5, 0.6) is 0 Å². The highest BCUT2D eigenvalue weighted by Gasteiger charge is 2.29. The number of oxime groups is 1. The average molecular weight is 275 g/mol. The predicted molar refractivity (Wildman–Crippen MR) is 83.3 cm³/mol. The van der Waals surface area contributed by atoms with Crippen molar-refractivity contribution in [3.63, 3.8) is 0 Å². The maximum Gasteiger partial charge on any atom is 0.172 e. The summed E-state index contributed by atoms with van der Waals surface area (Å²) in [4.78, 5) is 2.34. The van der Waals surface area contributed by atoms with Crippen LogP contribution in [-0.2, 0) is 0 Å². The van der Waals surface area contributed by atoms with Crippen molar-refractivity contribution >= 4 is 11.5 Å². The molecule has 4 heteroatoms. The molecule has 1 aromatic carbocycles. The Balaban J connectivity index is 2.15. The first-order chi connectivity index (χ1) is 9.43. The van der Waals surface area contributed by atoms with Gasteiger partial charge in [0, 0.05) is 24.3 Å². The molecule has 110 valence electrons. The van der Waals surface area contributed by atoms with E-state index in [9.17, 15) is 0 Å². The Labute approximate surface area is 121 Å². The molecule has 1 saturated heterocycles. The lowest BCUT2D eigenvalue weighted by molar-refractivity contribution is 0.199. The summed E-state index contributed by atoms with van der Waals surface area (Å²) in [5, 5.41) is 12.0.